The largest absolute Gasteiger partial charge is 0.392 e. The van der Waals surface area contributed by atoms with Gasteiger partial charge in [-0.15, -0.1) is 11.6 Å². The number of aliphatic hydroxyl groups excluding tert-OH is 1. The quantitative estimate of drug-likeness (QED) is 0.565. The zero-order valence-corrected chi connectivity index (χ0v) is 8.01. The monoisotopic (exact) mass is 194 g/mol. The minimum atomic E-state index is 0.0788. The highest BCUT2D eigenvalue weighted by molar-refractivity contribution is 6.18. The molecule has 0 radical (unpaired) electrons. The van der Waals surface area contributed by atoms with Crippen molar-refractivity contribution < 1.29 is 5.11 Å². The van der Waals surface area contributed by atoms with Gasteiger partial charge in [0.05, 0.1) is 6.61 Å². The molecule has 0 aliphatic carbocycles. The summed E-state index contributed by atoms with van der Waals surface area (Å²) in [5, 5.41) is 8.79. The summed E-state index contributed by atoms with van der Waals surface area (Å²) in [7, 11) is 0. The molecular weight excluding hydrogens is 184 g/mol. The van der Waals surface area contributed by atoms with E-state index in [4.69, 9.17) is 16.7 Å². The first-order valence-corrected chi connectivity index (χ1v) is 4.65. The van der Waals surface area contributed by atoms with Gasteiger partial charge in [-0.2, -0.15) is 0 Å². The molecule has 68 valence electrons. The highest BCUT2D eigenvalue weighted by atomic mass is 35.5. The fraction of sp³-hybridized carbons (Fsp3) is 0.273. The zero-order chi connectivity index (χ0) is 9.52. The molecule has 0 unspecified atom stereocenters. The third-order valence-electron chi connectivity index (χ3n) is 1.59. The average molecular weight is 195 g/mol. The standard InChI is InChI=1S/C11H11ClO/c12-8-2-1-3-10-4-6-11(9-13)7-5-10/h4-7,13H,2,8-9H2. The number of aliphatic hydroxyl groups is 1. The molecule has 1 nitrogen and oxygen atoms in total. The van der Waals surface area contributed by atoms with E-state index in [0.717, 1.165) is 11.1 Å². The first-order valence-electron chi connectivity index (χ1n) is 4.11. The van der Waals surface area contributed by atoms with Crippen LogP contribution in [0.1, 0.15) is 17.5 Å². The van der Waals surface area contributed by atoms with Crippen LogP contribution < -0.4 is 0 Å². The third-order valence-corrected chi connectivity index (χ3v) is 1.78. The molecule has 1 aromatic carbocycles. The minimum Gasteiger partial charge on any atom is -0.392 e. The van der Waals surface area contributed by atoms with Crippen LogP contribution in [0.4, 0.5) is 0 Å². The van der Waals surface area contributed by atoms with Crippen molar-refractivity contribution in [2.45, 2.75) is 13.0 Å². The molecule has 0 heterocycles. The van der Waals surface area contributed by atoms with Crippen LogP contribution in [0.5, 0.6) is 0 Å². The van der Waals surface area contributed by atoms with Crippen LogP contribution in [0.3, 0.4) is 0 Å². The molecule has 0 amide bonds. The molecule has 0 aliphatic rings. The van der Waals surface area contributed by atoms with E-state index in [1.165, 1.54) is 0 Å². The number of halogens is 1. The van der Waals surface area contributed by atoms with Crippen LogP contribution in [0.15, 0.2) is 24.3 Å². The molecule has 0 spiro atoms. The fourth-order valence-electron chi connectivity index (χ4n) is 0.905. The van der Waals surface area contributed by atoms with Crippen molar-refractivity contribution >= 4 is 11.6 Å². The SMILES string of the molecule is OCc1ccc(C#CCCCl)cc1. The van der Waals surface area contributed by atoms with Gasteiger partial charge in [0.2, 0.25) is 0 Å². The Morgan fingerprint density at radius 1 is 1.23 bits per heavy atom. The van der Waals surface area contributed by atoms with Gasteiger partial charge in [-0.05, 0) is 17.7 Å². The molecule has 2 heteroatoms. The maximum Gasteiger partial charge on any atom is 0.0681 e. The van der Waals surface area contributed by atoms with Gasteiger partial charge in [-0.25, -0.2) is 0 Å². The molecule has 0 saturated heterocycles. The van der Waals surface area contributed by atoms with Crippen LogP contribution in [0.2, 0.25) is 0 Å². The molecule has 0 bridgehead atoms. The van der Waals surface area contributed by atoms with Gasteiger partial charge in [0.1, 0.15) is 0 Å². The molecule has 0 saturated carbocycles. The maximum absolute atomic E-state index is 8.79. The summed E-state index contributed by atoms with van der Waals surface area (Å²) in [5.74, 6) is 6.50. The molecular formula is C11H11ClO. The normalized spacial score (nSPS) is 9.08. The topological polar surface area (TPSA) is 20.2 Å². The summed E-state index contributed by atoms with van der Waals surface area (Å²) in [6, 6.07) is 7.52. The number of hydrogen-bond acceptors (Lipinski definition) is 1. The Labute approximate surface area is 83.4 Å². The van der Waals surface area contributed by atoms with Crippen LogP contribution >= 0.6 is 11.6 Å². The van der Waals surface area contributed by atoms with E-state index >= 15 is 0 Å². The zero-order valence-electron chi connectivity index (χ0n) is 7.26. The van der Waals surface area contributed by atoms with E-state index in [1.54, 1.807) is 0 Å². The average Bonchev–Trinajstić information content (AvgIpc) is 2.19. The highest BCUT2D eigenvalue weighted by Crippen LogP contribution is 2.02. The van der Waals surface area contributed by atoms with Gasteiger partial charge in [0.25, 0.3) is 0 Å². The maximum atomic E-state index is 8.79. The number of hydrogen-bond donors (Lipinski definition) is 1. The number of alkyl halides is 1. The predicted molar refractivity (Wildman–Crippen MR) is 54.6 cm³/mol. The molecule has 13 heavy (non-hydrogen) atoms. The molecule has 0 aromatic heterocycles. The Balaban J connectivity index is 2.65. The Morgan fingerprint density at radius 2 is 1.92 bits per heavy atom. The van der Waals surface area contributed by atoms with E-state index in [-0.39, 0.29) is 6.61 Å². The first kappa shape index (κ1) is 10.1. The van der Waals surface area contributed by atoms with Crippen LogP contribution in [-0.2, 0) is 6.61 Å². The summed E-state index contributed by atoms with van der Waals surface area (Å²) in [6.07, 6.45) is 0.712. The molecule has 0 atom stereocenters. The van der Waals surface area contributed by atoms with Crippen molar-refractivity contribution in [2.75, 3.05) is 5.88 Å². The molecule has 1 aromatic rings. The van der Waals surface area contributed by atoms with Gasteiger partial charge in [0, 0.05) is 17.9 Å². The van der Waals surface area contributed by atoms with Crippen LogP contribution in [-0.4, -0.2) is 11.0 Å². The predicted octanol–water partition coefficient (Wildman–Crippen LogP) is 2.16. The second-order valence-corrected chi connectivity index (χ2v) is 2.97. The van der Waals surface area contributed by atoms with Crippen LogP contribution in [0.25, 0.3) is 0 Å². The lowest BCUT2D eigenvalue weighted by Crippen LogP contribution is -1.82. The Hall–Kier alpha value is -0.970. The summed E-state index contributed by atoms with van der Waals surface area (Å²) in [6.45, 7) is 0.0788. The second kappa shape index (κ2) is 5.64. The minimum absolute atomic E-state index is 0.0788. The molecule has 0 aliphatic heterocycles. The van der Waals surface area contributed by atoms with Crippen LogP contribution in [0, 0.1) is 11.8 Å². The second-order valence-electron chi connectivity index (χ2n) is 2.60. The van der Waals surface area contributed by atoms with E-state index in [0.29, 0.717) is 12.3 Å². The van der Waals surface area contributed by atoms with Gasteiger partial charge in [-0.1, -0.05) is 24.0 Å². The Morgan fingerprint density at radius 3 is 2.46 bits per heavy atom. The van der Waals surface area contributed by atoms with E-state index in [1.807, 2.05) is 24.3 Å². The third kappa shape index (κ3) is 3.50. The first-order chi connectivity index (χ1) is 6.36. The molecule has 1 rings (SSSR count). The summed E-state index contributed by atoms with van der Waals surface area (Å²) in [4.78, 5) is 0. The van der Waals surface area contributed by atoms with Crippen molar-refractivity contribution in [1.82, 2.24) is 0 Å². The van der Waals surface area contributed by atoms with Gasteiger partial charge in [-0.3, -0.25) is 0 Å². The number of rotatable bonds is 2. The summed E-state index contributed by atoms with van der Waals surface area (Å²) >= 11 is 5.48. The Kier molecular flexibility index (Phi) is 4.39. The van der Waals surface area contributed by atoms with Crippen molar-refractivity contribution in [3.8, 4) is 11.8 Å². The van der Waals surface area contributed by atoms with Gasteiger partial charge >= 0.3 is 0 Å². The highest BCUT2D eigenvalue weighted by Gasteiger charge is 1.88. The fourth-order valence-corrected chi connectivity index (χ4v) is 1.000. The van der Waals surface area contributed by atoms with Crippen molar-refractivity contribution in [3.05, 3.63) is 35.4 Å². The molecule has 0 fully saturated rings. The van der Waals surface area contributed by atoms with E-state index in [9.17, 15) is 0 Å². The lowest BCUT2D eigenvalue weighted by molar-refractivity contribution is 0.282. The van der Waals surface area contributed by atoms with Gasteiger partial charge < -0.3 is 5.11 Å². The summed E-state index contributed by atoms with van der Waals surface area (Å²) < 4.78 is 0. The molecule has 1 N–H and O–H groups in total. The van der Waals surface area contributed by atoms with E-state index in [2.05, 4.69) is 11.8 Å². The lowest BCUT2D eigenvalue weighted by Gasteiger charge is -1.94. The van der Waals surface area contributed by atoms with Crippen molar-refractivity contribution in [3.63, 3.8) is 0 Å². The van der Waals surface area contributed by atoms with Crippen molar-refractivity contribution in [2.24, 2.45) is 0 Å². The Bertz CT molecular complexity index is 305. The smallest absolute Gasteiger partial charge is 0.0681 e. The number of benzene rings is 1. The summed E-state index contributed by atoms with van der Waals surface area (Å²) in [5.41, 5.74) is 1.87. The van der Waals surface area contributed by atoms with Gasteiger partial charge in [0.15, 0.2) is 0 Å². The van der Waals surface area contributed by atoms with Crippen molar-refractivity contribution in [1.29, 1.82) is 0 Å². The lowest BCUT2D eigenvalue weighted by atomic mass is 10.1. The van der Waals surface area contributed by atoms with E-state index < -0.39 is 0 Å².